The van der Waals surface area contributed by atoms with Crippen LogP contribution in [0.15, 0.2) is 0 Å². The molecule has 1 heterocycles. The zero-order valence-electron chi connectivity index (χ0n) is 11.2. The van der Waals surface area contributed by atoms with E-state index in [1.807, 2.05) is 13.8 Å². The van der Waals surface area contributed by atoms with Crippen LogP contribution in [-0.2, 0) is 19.0 Å². The summed E-state index contributed by atoms with van der Waals surface area (Å²) in [7, 11) is 0. The Morgan fingerprint density at radius 3 is 2.56 bits per heavy atom. The zero-order valence-corrected chi connectivity index (χ0v) is 11.2. The number of hydrogen-bond donors (Lipinski definition) is 2. The lowest BCUT2D eigenvalue weighted by Crippen LogP contribution is -2.41. The summed E-state index contributed by atoms with van der Waals surface area (Å²) in [5.41, 5.74) is 5.50. The summed E-state index contributed by atoms with van der Waals surface area (Å²) < 4.78 is 16.2. The third kappa shape index (κ3) is 4.89. The molecule has 106 valence electrons. The van der Waals surface area contributed by atoms with E-state index < -0.39 is 6.29 Å². The maximum absolute atomic E-state index is 11.8. The third-order valence-electron chi connectivity index (χ3n) is 2.81. The highest BCUT2D eigenvalue weighted by molar-refractivity contribution is 5.81. The largest absolute Gasteiger partial charge is 0.364 e. The van der Waals surface area contributed by atoms with Crippen LogP contribution in [-0.4, -0.2) is 50.7 Å². The van der Waals surface area contributed by atoms with Crippen molar-refractivity contribution in [1.29, 1.82) is 0 Å². The molecule has 6 nitrogen and oxygen atoms in total. The van der Waals surface area contributed by atoms with Crippen LogP contribution in [0.1, 0.15) is 26.7 Å². The Balaban J connectivity index is 2.27. The Kier molecular flexibility index (Phi) is 7.19. The van der Waals surface area contributed by atoms with Crippen LogP contribution in [0.4, 0.5) is 0 Å². The van der Waals surface area contributed by atoms with Gasteiger partial charge in [-0.3, -0.25) is 4.79 Å². The fourth-order valence-electron chi connectivity index (χ4n) is 1.91. The Hall–Kier alpha value is -0.690. The van der Waals surface area contributed by atoms with Gasteiger partial charge in [-0.25, -0.2) is 0 Å². The molecule has 2 atom stereocenters. The summed E-state index contributed by atoms with van der Waals surface area (Å²) in [6.07, 6.45) is 0.796. The van der Waals surface area contributed by atoms with Gasteiger partial charge in [-0.2, -0.15) is 0 Å². The molecular formula is C12H24N2O4. The molecule has 3 N–H and O–H groups in total. The van der Waals surface area contributed by atoms with E-state index in [0.717, 1.165) is 12.8 Å². The van der Waals surface area contributed by atoms with Crippen LogP contribution >= 0.6 is 0 Å². The van der Waals surface area contributed by atoms with Gasteiger partial charge in [-0.05, 0) is 26.7 Å². The molecule has 0 aliphatic carbocycles. The van der Waals surface area contributed by atoms with Gasteiger partial charge in [0, 0.05) is 19.8 Å². The van der Waals surface area contributed by atoms with E-state index >= 15 is 0 Å². The molecule has 6 heteroatoms. The summed E-state index contributed by atoms with van der Waals surface area (Å²) >= 11 is 0. The lowest BCUT2D eigenvalue weighted by molar-refractivity contribution is -0.145. The average molecular weight is 260 g/mol. The summed E-state index contributed by atoms with van der Waals surface area (Å²) in [6, 6.07) is 0. The van der Waals surface area contributed by atoms with E-state index in [9.17, 15) is 4.79 Å². The highest BCUT2D eigenvalue weighted by atomic mass is 16.7. The van der Waals surface area contributed by atoms with E-state index in [1.54, 1.807) is 0 Å². The van der Waals surface area contributed by atoms with E-state index in [0.29, 0.717) is 26.3 Å². The highest BCUT2D eigenvalue weighted by Crippen LogP contribution is 2.18. The summed E-state index contributed by atoms with van der Waals surface area (Å²) in [6.45, 7) is 5.68. The lowest BCUT2D eigenvalue weighted by atomic mass is 10.2. The van der Waals surface area contributed by atoms with Crippen molar-refractivity contribution in [2.75, 3.05) is 26.3 Å². The normalized spacial score (nSPS) is 23.6. The van der Waals surface area contributed by atoms with E-state index in [2.05, 4.69) is 5.32 Å². The molecule has 1 aliphatic heterocycles. The molecule has 1 saturated heterocycles. The van der Waals surface area contributed by atoms with Gasteiger partial charge in [0.2, 0.25) is 5.91 Å². The first-order valence-corrected chi connectivity index (χ1v) is 6.57. The van der Waals surface area contributed by atoms with Crippen LogP contribution in [0.3, 0.4) is 0 Å². The maximum Gasteiger partial charge on any atom is 0.249 e. The number of nitrogens with two attached hydrogens (primary N) is 1. The van der Waals surface area contributed by atoms with E-state index in [4.69, 9.17) is 19.9 Å². The average Bonchev–Trinajstić information content (AvgIpc) is 2.85. The lowest BCUT2D eigenvalue weighted by Gasteiger charge is -2.19. The van der Waals surface area contributed by atoms with Gasteiger partial charge in [0.25, 0.3) is 0 Å². The molecule has 0 aromatic heterocycles. The fraction of sp³-hybridized carbons (Fsp3) is 0.917. The molecule has 0 radical (unpaired) electrons. The van der Waals surface area contributed by atoms with Crippen LogP contribution in [0.25, 0.3) is 0 Å². The minimum absolute atomic E-state index is 0.00957. The molecule has 1 fully saturated rings. The van der Waals surface area contributed by atoms with Gasteiger partial charge in [-0.1, -0.05) is 0 Å². The number of hydrogen-bond acceptors (Lipinski definition) is 5. The van der Waals surface area contributed by atoms with Gasteiger partial charge >= 0.3 is 0 Å². The van der Waals surface area contributed by atoms with E-state index in [1.165, 1.54) is 0 Å². The molecule has 0 bridgehead atoms. The Bertz CT molecular complexity index is 244. The molecule has 1 amide bonds. The topological polar surface area (TPSA) is 82.8 Å². The standard InChI is InChI=1S/C12H24N2O4/c1-3-16-11(17-4-2)8-14-12(15)10-6-5-9(7-13)18-10/h9-11H,3-8,13H2,1-2H3,(H,14,15). The minimum atomic E-state index is -0.393. The number of carbonyl (C=O) groups is 1. The van der Waals surface area contributed by atoms with E-state index in [-0.39, 0.29) is 18.1 Å². The van der Waals surface area contributed by atoms with Crippen molar-refractivity contribution in [2.45, 2.75) is 45.2 Å². The second kappa shape index (κ2) is 8.42. The van der Waals surface area contributed by atoms with Crippen molar-refractivity contribution >= 4 is 5.91 Å². The quantitative estimate of drug-likeness (QED) is 0.601. The summed E-state index contributed by atoms with van der Waals surface area (Å²) in [5, 5.41) is 2.78. The van der Waals surface area contributed by atoms with Gasteiger partial charge in [0.1, 0.15) is 6.10 Å². The van der Waals surface area contributed by atoms with Crippen LogP contribution in [0, 0.1) is 0 Å². The summed E-state index contributed by atoms with van der Waals surface area (Å²) in [4.78, 5) is 11.8. The first-order valence-electron chi connectivity index (χ1n) is 6.57. The molecule has 0 spiro atoms. The molecule has 0 saturated carbocycles. The smallest absolute Gasteiger partial charge is 0.249 e. The third-order valence-corrected chi connectivity index (χ3v) is 2.81. The Labute approximate surface area is 108 Å². The number of rotatable bonds is 8. The predicted octanol–water partition coefficient (Wildman–Crippen LogP) is 0.00800. The Morgan fingerprint density at radius 1 is 1.39 bits per heavy atom. The van der Waals surface area contributed by atoms with Crippen LogP contribution < -0.4 is 11.1 Å². The second-order valence-electron chi connectivity index (χ2n) is 4.15. The molecule has 0 aromatic rings. The van der Waals surface area contributed by atoms with Crippen molar-refractivity contribution in [3.63, 3.8) is 0 Å². The van der Waals surface area contributed by atoms with Crippen molar-refractivity contribution < 1.29 is 19.0 Å². The second-order valence-corrected chi connectivity index (χ2v) is 4.15. The number of amides is 1. The highest BCUT2D eigenvalue weighted by Gasteiger charge is 2.29. The van der Waals surface area contributed by atoms with Crippen molar-refractivity contribution in [3.8, 4) is 0 Å². The van der Waals surface area contributed by atoms with Crippen LogP contribution in [0.2, 0.25) is 0 Å². The molecular weight excluding hydrogens is 236 g/mol. The zero-order chi connectivity index (χ0) is 13.4. The summed E-state index contributed by atoms with van der Waals surface area (Å²) in [5.74, 6) is -0.115. The van der Waals surface area contributed by atoms with Crippen molar-refractivity contribution in [2.24, 2.45) is 5.73 Å². The monoisotopic (exact) mass is 260 g/mol. The maximum atomic E-state index is 11.8. The van der Waals surface area contributed by atoms with Gasteiger partial charge in [0.05, 0.1) is 12.6 Å². The van der Waals surface area contributed by atoms with Crippen LogP contribution in [0.5, 0.6) is 0 Å². The first-order chi connectivity index (χ1) is 8.71. The molecule has 18 heavy (non-hydrogen) atoms. The number of nitrogens with one attached hydrogen (secondary N) is 1. The fourth-order valence-corrected chi connectivity index (χ4v) is 1.91. The molecule has 0 aromatic carbocycles. The van der Waals surface area contributed by atoms with Gasteiger partial charge in [-0.15, -0.1) is 0 Å². The first kappa shape index (κ1) is 15.4. The van der Waals surface area contributed by atoms with Gasteiger partial charge < -0.3 is 25.3 Å². The minimum Gasteiger partial charge on any atom is -0.364 e. The molecule has 1 aliphatic rings. The SMILES string of the molecule is CCOC(CNC(=O)C1CCC(CN)O1)OCC. The Morgan fingerprint density at radius 2 is 2.06 bits per heavy atom. The number of ether oxygens (including phenoxy) is 3. The predicted molar refractivity (Wildman–Crippen MR) is 67.0 cm³/mol. The van der Waals surface area contributed by atoms with Crippen molar-refractivity contribution in [1.82, 2.24) is 5.32 Å². The van der Waals surface area contributed by atoms with Crippen molar-refractivity contribution in [3.05, 3.63) is 0 Å². The molecule has 2 unspecified atom stereocenters. The van der Waals surface area contributed by atoms with Gasteiger partial charge in [0.15, 0.2) is 6.29 Å². The number of carbonyl (C=O) groups excluding carboxylic acids is 1. The molecule has 1 rings (SSSR count).